The zero-order valence-electron chi connectivity index (χ0n) is 16.1. The number of hydrogen-bond donors (Lipinski definition) is 2. The molecule has 0 heterocycles. The van der Waals surface area contributed by atoms with Gasteiger partial charge >= 0.3 is 0 Å². The van der Waals surface area contributed by atoms with E-state index in [1.165, 1.54) is 24.3 Å². The predicted octanol–water partition coefficient (Wildman–Crippen LogP) is 4.20. The van der Waals surface area contributed by atoms with E-state index in [0.29, 0.717) is 17.1 Å². The number of benzene rings is 3. The van der Waals surface area contributed by atoms with Gasteiger partial charge in [-0.25, -0.2) is 8.42 Å². The van der Waals surface area contributed by atoms with Gasteiger partial charge in [-0.1, -0.05) is 36.4 Å². The van der Waals surface area contributed by atoms with Gasteiger partial charge in [-0.2, -0.15) is 0 Å². The highest BCUT2D eigenvalue weighted by molar-refractivity contribution is 7.92. The van der Waals surface area contributed by atoms with E-state index in [4.69, 9.17) is 4.74 Å². The van der Waals surface area contributed by atoms with Crippen molar-refractivity contribution >= 4 is 27.3 Å². The van der Waals surface area contributed by atoms with Gasteiger partial charge in [0.25, 0.3) is 15.9 Å². The van der Waals surface area contributed by atoms with E-state index in [1.54, 1.807) is 43.3 Å². The number of nitrogens with one attached hydrogen (secondary N) is 2. The number of ether oxygens (including phenoxy) is 1. The Labute approximate surface area is 170 Å². The van der Waals surface area contributed by atoms with Crippen LogP contribution in [0.2, 0.25) is 0 Å². The van der Waals surface area contributed by atoms with Crippen LogP contribution in [0.15, 0.2) is 83.8 Å². The van der Waals surface area contributed by atoms with Gasteiger partial charge in [0, 0.05) is 11.4 Å². The number of carbonyl (C=O) groups excluding carboxylic acids is 1. The summed E-state index contributed by atoms with van der Waals surface area (Å²) in [5, 5.41) is 2.73. The molecule has 3 aromatic carbocycles. The molecular formula is C22H22N2O4S. The molecule has 0 saturated heterocycles. The fraction of sp³-hybridized carbons (Fsp3) is 0.136. The summed E-state index contributed by atoms with van der Waals surface area (Å²) in [7, 11) is -3.71. The summed E-state index contributed by atoms with van der Waals surface area (Å²) < 4.78 is 33.1. The highest BCUT2D eigenvalue weighted by Crippen LogP contribution is 2.20. The normalized spacial score (nSPS) is 12.1. The van der Waals surface area contributed by atoms with Gasteiger partial charge in [0.1, 0.15) is 5.75 Å². The minimum Gasteiger partial charge on any atom is -0.481 e. The number of sulfonamides is 1. The smallest absolute Gasteiger partial charge is 0.265 e. The molecule has 0 fully saturated rings. The van der Waals surface area contributed by atoms with Crippen molar-refractivity contribution in [2.45, 2.75) is 24.8 Å². The lowest BCUT2D eigenvalue weighted by Gasteiger charge is -2.16. The highest BCUT2D eigenvalue weighted by Gasteiger charge is 2.17. The molecule has 0 aliphatic carbocycles. The van der Waals surface area contributed by atoms with Crippen LogP contribution in [0.5, 0.6) is 5.75 Å². The number of rotatable bonds is 7. The summed E-state index contributed by atoms with van der Waals surface area (Å²) >= 11 is 0. The molecule has 7 heteroatoms. The minimum atomic E-state index is -3.71. The Hall–Kier alpha value is -3.32. The SMILES string of the molecule is Cc1ccccc1OC(C)C(=O)Nc1ccc(S(=O)(=O)Nc2ccccc2)cc1. The van der Waals surface area contributed by atoms with Crippen LogP contribution >= 0.6 is 0 Å². The van der Waals surface area contributed by atoms with Crippen LogP contribution in [-0.2, 0) is 14.8 Å². The van der Waals surface area contributed by atoms with Crippen LogP contribution in [-0.4, -0.2) is 20.4 Å². The molecule has 0 aliphatic heterocycles. The molecule has 0 radical (unpaired) electrons. The standard InChI is InChI=1S/C22H22N2O4S/c1-16-8-6-7-11-21(16)28-17(2)22(25)23-18-12-14-20(15-13-18)29(26,27)24-19-9-4-3-5-10-19/h3-15,17,24H,1-2H3,(H,23,25). The van der Waals surface area contributed by atoms with Crippen LogP contribution in [0.1, 0.15) is 12.5 Å². The largest absolute Gasteiger partial charge is 0.481 e. The lowest BCUT2D eigenvalue weighted by Crippen LogP contribution is -2.30. The maximum atomic E-state index is 12.5. The average molecular weight is 410 g/mol. The quantitative estimate of drug-likeness (QED) is 0.611. The van der Waals surface area contributed by atoms with Crippen molar-refractivity contribution in [3.63, 3.8) is 0 Å². The van der Waals surface area contributed by atoms with Gasteiger partial charge in [0.15, 0.2) is 6.10 Å². The predicted molar refractivity (Wildman–Crippen MR) is 114 cm³/mol. The Kier molecular flexibility index (Phi) is 6.19. The fourth-order valence-corrected chi connectivity index (χ4v) is 3.67. The number of anilines is 2. The zero-order chi connectivity index (χ0) is 20.9. The van der Waals surface area contributed by atoms with E-state index in [9.17, 15) is 13.2 Å². The molecule has 2 N–H and O–H groups in total. The zero-order valence-corrected chi connectivity index (χ0v) is 16.9. The number of carbonyl (C=O) groups is 1. The minimum absolute atomic E-state index is 0.101. The highest BCUT2D eigenvalue weighted by atomic mass is 32.2. The molecule has 150 valence electrons. The maximum absolute atomic E-state index is 12.5. The third-order valence-corrected chi connectivity index (χ3v) is 5.62. The molecule has 0 bridgehead atoms. The van der Waals surface area contributed by atoms with Crippen molar-refractivity contribution in [3.05, 3.63) is 84.4 Å². The summed E-state index contributed by atoms with van der Waals surface area (Å²) in [5.41, 5.74) is 1.90. The first-order valence-corrected chi connectivity index (χ1v) is 10.5. The monoisotopic (exact) mass is 410 g/mol. The molecule has 0 aliphatic rings. The Morgan fingerprint density at radius 1 is 0.862 bits per heavy atom. The Morgan fingerprint density at radius 3 is 2.14 bits per heavy atom. The first kappa shape index (κ1) is 20.4. The maximum Gasteiger partial charge on any atom is 0.265 e. The molecule has 6 nitrogen and oxygen atoms in total. The number of hydrogen-bond acceptors (Lipinski definition) is 4. The van der Waals surface area contributed by atoms with Gasteiger partial charge in [0.2, 0.25) is 0 Å². The number of amides is 1. The molecule has 1 unspecified atom stereocenters. The van der Waals surface area contributed by atoms with Crippen molar-refractivity contribution in [2.24, 2.45) is 0 Å². The van der Waals surface area contributed by atoms with Crippen LogP contribution < -0.4 is 14.8 Å². The second kappa shape index (κ2) is 8.79. The molecule has 0 saturated carbocycles. The second-order valence-electron chi connectivity index (χ2n) is 6.51. The summed E-state index contributed by atoms with van der Waals surface area (Å²) in [6, 6.07) is 22.0. The van der Waals surface area contributed by atoms with Crippen LogP contribution in [0.3, 0.4) is 0 Å². The second-order valence-corrected chi connectivity index (χ2v) is 8.19. The Morgan fingerprint density at radius 2 is 1.48 bits per heavy atom. The summed E-state index contributed by atoms with van der Waals surface area (Å²) in [6.07, 6.45) is -0.709. The van der Waals surface area contributed by atoms with Crippen molar-refractivity contribution in [3.8, 4) is 5.75 Å². The van der Waals surface area contributed by atoms with Crippen LogP contribution in [0.25, 0.3) is 0 Å². The topological polar surface area (TPSA) is 84.5 Å². The molecule has 29 heavy (non-hydrogen) atoms. The van der Waals surface area contributed by atoms with E-state index in [0.717, 1.165) is 5.56 Å². The van der Waals surface area contributed by atoms with Gasteiger partial charge in [-0.05, 0) is 61.9 Å². The van der Waals surface area contributed by atoms with E-state index in [-0.39, 0.29) is 10.8 Å². The fourth-order valence-electron chi connectivity index (χ4n) is 2.61. The van der Waals surface area contributed by atoms with Crippen LogP contribution in [0.4, 0.5) is 11.4 Å². The van der Waals surface area contributed by atoms with Crippen molar-refractivity contribution in [1.29, 1.82) is 0 Å². The molecule has 1 amide bonds. The van der Waals surface area contributed by atoms with Gasteiger partial charge < -0.3 is 10.1 Å². The summed E-state index contributed by atoms with van der Waals surface area (Å²) in [4.78, 5) is 12.5. The molecule has 3 aromatic rings. The summed E-state index contributed by atoms with van der Waals surface area (Å²) in [6.45, 7) is 3.56. The van der Waals surface area contributed by atoms with E-state index in [1.807, 2.05) is 25.1 Å². The molecular weight excluding hydrogens is 388 g/mol. The molecule has 1 atom stereocenters. The molecule has 3 rings (SSSR count). The third kappa shape index (κ3) is 5.36. The molecule has 0 aromatic heterocycles. The van der Waals surface area contributed by atoms with Crippen LogP contribution in [0, 0.1) is 6.92 Å². The average Bonchev–Trinajstić information content (AvgIpc) is 2.70. The van der Waals surface area contributed by atoms with Gasteiger partial charge in [-0.3, -0.25) is 9.52 Å². The van der Waals surface area contributed by atoms with Crippen molar-refractivity contribution in [2.75, 3.05) is 10.0 Å². The number of aryl methyl sites for hydroxylation is 1. The van der Waals surface area contributed by atoms with E-state index >= 15 is 0 Å². The van der Waals surface area contributed by atoms with Gasteiger partial charge in [0.05, 0.1) is 4.90 Å². The van der Waals surface area contributed by atoms with Gasteiger partial charge in [-0.15, -0.1) is 0 Å². The van der Waals surface area contributed by atoms with E-state index in [2.05, 4.69) is 10.0 Å². The Balaban J connectivity index is 1.64. The van der Waals surface area contributed by atoms with Crippen molar-refractivity contribution in [1.82, 2.24) is 0 Å². The van der Waals surface area contributed by atoms with Crippen molar-refractivity contribution < 1.29 is 17.9 Å². The first-order valence-electron chi connectivity index (χ1n) is 9.06. The first-order chi connectivity index (χ1) is 13.8. The molecule has 0 spiro atoms. The lowest BCUT2D eigenvalue weighted by atomic mass is 10.2. The number of para-hydroxylation sites is 2. The third-order valence-electron chi connectivity index (χ3n) is 4.22. The summed E-state index contributed by atoms with van der Waals surface area (Å²) in [5.74, 6) is 0.315. The Bertz CT molecular complexity index is 1080. The van der Waals surface area contributed by atoms with E-state index < -0.39 is 16.1 Å². The lowest BCUT2D eigenvalue weighted by molar-refractivity contribution is -0.122.